The van der Waals surface area contributed by atoms with Crippen LogP contribution in [0.15, 0.2) is 54.6 Å². The third kappa shape index (κ3) is 4.33. The van der Waals surface area contributed by atoms with Gasteiger partial charge in [-0.15, -0.1) is 0 Å². The van der Waals surface area contributed by atoms with E-state index in [-0.39, 0.29) is 11.3 Å². The molecule has 0 saturated carbocycles. The highest BCUT2D eigenvalue weighted by Gasteiger charge is 2.31. The van der Waals surface area contributed by atoms with Crippen molar-refractivity contribution in [3.63, 3.8) is 0 Å². The molecule has 2 aromatic carbocycles. The molecule has 0 unspecified atom stereocenters. The van der Waals surface area contributed by atoms with Crippen LogP contribution in [0.2, 0.25) is 0 Å². The largest absolute Gasteiger partial charge is 0.491 e. The predicted molar refractivity (Wildman–Crippen MR) is 109 cm³/mol. The molecule has 0 aliphatic carbocycles. The third-order valence-corrected chi connectivity index (χ3v) is 4.34. The average Bonchev–Trinajstić information content (AvgIpc) is 3.20. The lowest BCUT2D eigenvalue weighted by molar-refractivity contribution is 0.0549. The van der Waals surface area contributed by atoms with Gasteiger partial charge in [-0.3, -0.25) is 0 Å². The molecular formula is C22H22N2O6. The van der Waals surface area contributed by atoms with E-state index in [1.165, 1.54) is 18.9 Å². The summed E-state index contributed by atoms with van der Waals surface area (Å²) in [5.74, 6) is -0.739. The van der Waals surface area contributed by atoms with Crippen molar-refractivity contribution in [2.75, 3.05) is 34.5 Å². The second-order valence-electron chi connectivity index (χ2n) is 6.17. The number of benzene rings is 2. The van der Waals surface area contributed by atoms with E-state index in [4.69, 9.17) is 18.9 Å². The van der Waals surface area contributed by atoms with Crippen LogP contribution >= 0.6 is 0 Å². The fourth-order valence-electron chi connectivity index (χ4n) is 2.91. The number of para-hydroxylation sites is 1. The maximum absolute atomic E-state index is 12.6. The molecule has 0 saturated heterocycles. The molecule has 3 rings (SSSR count). The molecule has 0 radical (unpaired) electrons. The lowest BCUT2D eigenvalue weighted by Gasteiger charge is -2.07. The maximum atomic E-state index is 12.6. The van der Waals surface area contributed by atoms with Gasteiger partial charge in [0.05, 0.1) is 26.5 Å². The number of carbonyl (C=O) groups excluding carboxylic acids is 2. The molecular weight excluding hydrogens is 388 g/mol. The van der Waals surface area contributed by atoms with Crippen molar-refractivity contribution < 1.29 is 28.5 Å². The van der Waals surface area contributed by atoms with Crippen LogP contribution in [-0.2, 0) is 14.2 Å². The molecule has 156 valence electrons. The van der Waals surface area contributed by atoms with E-state index in [0.717, 1.165) is 0 Å². The Bertz CT molecular complexity index is 1010. The molecule has 0 atom stereocenters. The van der Waals surface area contributed by atoms with E-state index < -0.39 is 11.9 Å². The first kappa shape index (κ1) is 21.1. The number of rotatable bonds is 8. The van der Waals surface area contributed by atoms with Crippen LogP contribution in [-0.4, -0.2) is 56.3 Å². The number of nitrogens with zero attached hydrogens (tertiary/aromatic N) is 2. The van der Waals surface area contributed by atoms with Gasteiger partial charge in [0.15, 0.2) is 5.69 Å². The van der Waals surface area contributed by atoms with Gasteiger partial charge in [-0.05, 0) is 36.4 Å². The second kappa shape index (κ2) is 9.71. The Balaban J connectivity index is 2.13. The van der Waals surface area contributed by atoms with E-state index in [0.29, 0.717) is 35.9 Å². The average molecular weight is 410 g/mol. The highest BCUT2D eigenvalue weighted by molar-refractivity contribution is 6.06. The molecule has 0 N–H and O–H groups in total. The van der Waals surface area contributed by atoms with Gasteiger partial charge in [-0.2, -0.15) is 5.10 Å². The SMILES string of the molecule is COCCOc1ccc(-c2nn(-c3ccccc3)c(C(=O)OC)c2C(=O)OC)cc1. The van der Waals surface area contributed by atoms with Gasteiger partial charge in [-0.25, -0.2) is 14.3 Å². The Labute approximate surface area is 173 Å². The first-order valence-corrected chi connectivity index (χ1v) is 9.18. The minimum atomic E-state index is -0.697. The molecule has 0 aliphatic heterocycles. The summed E-state index contributed by atoms with van der Waals surface area (Å²) in [5, 5.41) is 4.55. The van der Waals surface area contributed by atoms with Crippen LogP contribution in [0, 0.1) is 0 Å². The lowest BCUT2D eigenvalue weighted by Crippen LogP contribution is -2.15. The van der Waals surface area contributed by atoms with Crippen LogP contribution in [0.3, 0.4) is 0 Å². The zero-order valence-electron chi connectivity index (χ0n) is 17.0. The number of aromatic nitrogens is 2. The minimum Gasteiger partial charge on any atom is -0.491 e. The van der Waals surface area contributed by atoms with Crippen molar-refractivity contribution in [3.8, 4) is 22.7 Å². The quantitative estimate of drug-likeness (QED) is 0.416. The minimum absolute atomic E-state index is 0.00836. The summed E-state index contributed by atoms with van der Waals surface area (Å²) < 4.78 is 21.8. The Kier molecular flexibility index (Phi) is 6.82. The van der Waals surface area contributed by atoms with E-state index in [9.17, 15) is 9.59 Å². The van der Waals surface area contributed by atoms with Crippen molar-refractivity contribution in [3.05, 3.63) is 65.9 Å². The fraction of sp³-hybridized carbons (Fsp3) is 0.227. The maximum Gasteiger partial charge on any atom is 0.357 e. The van der Waals surface area contributed by atoms with Crippen molar-refractivity contribution >= 4 is 11.9 Å². The molecule has 1 heterocycles. The monoisotopic (exact) mass is 410 g/mol. The standard InChI is InChI=1S/C22H22N2O6/c1-27-13-14-30-17-11-9-15(10-12-17)19-18(21(25)28-2)20(22(26)29-3)24(23-19)16-7-5-4-6-8-16/h4-12H,13-14H2,1-3H3. The van der Waals surface area contributed by atoms with Gasteiger partial charge in [0.25, 0.3) is 0 Å². The van der Waals surface area contributed by atoms with Crippen molar-refractivity contribution in [1.82, 2.24) is 9.78 Å². The van der Waals surface area contributed by atoms with Gasteiger partial charge >= 0.3 is 11.9 Å². The zero-order chi connectivity index (χ0) is 21.5. The lowest BCUT2D eigenvalue weighted by atomic mass is 10.1. The Morgan fingerprint density at radius 1 is 0.867 bits per heavy atom. The van der Waals surface area contributed by atoms with Crippen molar-refractivity contribution in [1.29, 1.82) is 0 Å². The smallest absolute Gasteiger partial charge is 0.357 e. The molecule has 0 fully saturated rings. The van der Waals surface area contributed by atoms with Crippen molar-refractivity contribution in [2.45, 2.75) is 0 Å². The number of hydrogen-bond acceptors (Lipinski definition) is 7. The van der Waals surface area contributed by atoms with Crippen LogP contribution in [0.5, 0.6) is 5.75 Å². The Hall–Kier alpha value is -3.65. The molecule has 8 nitrogen and oxygen atoms in total. The number of esters is 2. The molecule has 0 bridgehead atoms. The zero-order valence-corrected chi connectivity index (χ0v) is 17.0. The first-order valence-electron chi connectivity index (χ1n) is 9.18. The Morgan fingerprint density at radius 3 is 2.13 bits per heavy atom. The summed E-state index contributed by atoms with van der Waals surface area (Å²) in [7, 11) is 4.10. The number of ether oxygens (including phenoxy) is 4. The van der Waals surface area contributed by atoms with Gasteiger partial charge in [0.1, 0.15) is 23.6 Å². The van der Waals surface area contributed by atoms with Crippen LogP contribution in [0.4, 0.5) is 0 Å². The predicted octanol–water partition coefficient (Wildman–Crippen LogP) is 3.14. The number of hydrogen-bond donors (Lipinski definition) is 0. The molecule has 0 amide bonds. The van der Waals surface area contributed by atoms with Crippen LogP contribution < -0.4 is 4.74 Å². The fourth-order valence-corrected chi connectivity index (χ4v) is 2.91. The molecule has 1 aromatic heterocycles. The highest BCUT2D eigenvalue weighted by atomic mass is 16.5. The van der Waals surface area contributed by atoms with E-state index in [2.05, 4.69) is 5.10 Å². The number of methoxy groups -OCH3 is 3. The topological polar surface area (TPSA) is 88.9 Å². The summed E-state index contributed by atoms with van der Waals surface area (Å²) in [6, 6.07) is 16.0. The summed E-state index contributed by atoms with van der Waals surface area (Å²) in [6.45, 7) is 0.886. The Morgan fingerprint density at radius 2 is 1.53 bits per heavy atom. The van der Waals surface area contributed by atoms with Gasteiger partial charge in [0.2, 0.25) is 0 Å². The van der Waals surface area contributed by atoms with Crippen molar-refractivity contribution in [2.24, 2.45) is 0 Å². The van der Waals surface area contributed by atoms with E-state index in [1.54, 1.807) is 43.5 Å². The highest BCUT2D eigenvalue weighted by Crippen LogP contribution is 2.30. The van der Waals surface area contributed by atoms with Gasteiger partial charge < -0.3 is 18.9 Å². The first-order chi connectivity index (χ1) is 14.6. The molecule has 0 spiro atoms. The summed E-state index contributed by atoms with van der Waals surface area (Å²) >= 11 is 0. The molecule has 8 heteroatoms. The molecule has 30 heavy (non-hydrogen) atoms. The molecule has 0 aliphatic rings. The normalized spacial score (nSPS) is 10.5. The van der Waals surface area contributed by atoms with Gasteiger partial charge in [0, 0.05) is 12.7 Å². The second-order valence-corrected chi connectivity index (χ2v) is 6.17. The number of carbonyl (C=O) groups is 2. The summed E-state index contributed by atoms with van der Waals surface area (Å²) in [4.78, 5) is 25.2. The summed E-state index contributed by atoms with van der Waals surface area (Å²) in [6.07, 6.45) is 0. The van der Waals surface area contributed by atoms with Crippen LogP contribution in [0.1, 0.15) is 20.8 Å². The molecule has 3 aromatic rings. The van der Waals surface area contributed by atoms with E-state index >= 15 is 0 Å². The van der Waals surface area contributed by atoms with Crippen LogP contribution in [0.25, 0.3) is 16.9 Å². The van der Waals surface area contributed by atoms with E-state index in [1.807, 2.05) is 18.2 Å². The van der Waals surface area contributed by atoms with Gasteiger partial charge in [-0.1, -0.05) is 18.2 Å². The third-order valence-electron chi connectivity index (χ3n) is 4.34. The summed E-state index contributed by atoms with van der Waals surface area (Å²) in [5.41, 5.74) is 1.55.